The summed E-state index contributed by atoms with van der Waals surface area (Å²) in [4.78, 5) is 22.4. The van der Waals surface area contributed by atoms with Crippen LogP contribution in [0, 0.1) is 0 Å². The number of aliphatic hydroxyl groups excluding tert-OH is 2. The topological polar surface area (TPSA) is 125 Å². The molecule has 0 fully saturated rings. The minimum atomic E-state index is -1.45. The molecule has 0 aliphatic rings. The molecule has 1 amide bonds. The third kappa shape index (κ3) is 6.73. The number of aliphatic carboxylic acids is 1. The second-order valence-corrected chi connectivity index (χ2v) is 6.26. The lowest BCUT2D eigenvalue weighted by molar-refractivity contribution is -0.139. The maximum Gasteiger partial charge on any atom is 0.407 e. The van der Waals surface area contributed by atoms with Gasteiger partial charge in [0, 0.05) is 17.1 Å². The van der Waals surface area contributed by atoms with Gasteiger partial charge in [0.05, 0.1) is 0 Å². The van der Waals surface area contributed by atoms with E-state index in [1.165, 1.54) is 18.2 Å². The highest BCUT2D eigenvalue weighted by molar-refractivity contribution is 6.30. The highest BCUT2D eigenvalue weighted by Crippen LogP contribution is 2.30. The van der Waals surface area contributed by atoms with Crippen molar-refractivity contribution in [3.8, 4) is 5.75 Å². The number of aliphatic hydroxyl groups is 2. The Bertz CT molecular complexity index is 800. The maximum atomic E-state index is 11.7. The van der Waals surface area contributed by atoms with Gasteiger partial charge in [-0.2, -0.15) is 0 Å². The molecule has 2 unspecified atom stereocenters. The zero-order chi connectivity index (χ0) is 20.5. The van der Waals surface area contributed by atoms with Crippen molar-refractivity contribution in [1.29, 1.82) is 0 Å². The Labute approximate surface area is 166 Å². The molecule has 0 heterocycles. The summed E-state index contributed by atoms with van der Waals surface area (Å²) in [5.41, 5.74) is 0.942. The first kappa shape index (κ1) is 21.5. The summed E-state index contributed by atoms with van der Waals surface area (Å²) in [7, 11) is 0. The number of hydrogen-bond acceptors (Lipinski definition) is 6. The molecule has 0 saturated carbocycles. The fourth-order valence-electron chi connectivity index (χ4n) is 2.30. The molecule has 2 rings (SSSR count). The Balaban J connectivity index is 1.90. The number of alkyl carbamates (subject to hydrolysis) is 1. The summed E-state index contributed by atoms with van der Waals surface area (Å²) >= 11 is 5.86. The monoisotopic (exact) mass is 409 g/mol. The van der Waals surface area contributed by atoms with Crippen LogP contribution >= 0.6 is 11.6 Å². The van der Waals surface area contributed by atoms with Crippen LogP contribution in [-0.2, 0) is 16.1 Å². The van der Waals surface area contributed by atoms with Gasteiger partial charge in [-0.1, -0.05) is 48.0 Å². The number of amides is 1. The van der Waals surface area contributed by atoms with Crippen molar-refractivity contribution < 1.29 is 34.4 Å². The molecule has 28 heavy (non-hydrogen) atoms. The number of carbonyl (C=O) groups is 2. The van der Waals surface area contributed by atoms with Crippen molar-refractivity contribution in [2.24, 2.45) is 0 Å². The van der Waals surface area contributed by atoms with Crippen LogP contribution in [-0.4, -0.2) is 46.6 Å². The van der Waals surface area contributed by atoms with Crippen LogP contribution in [0.3, 0.4) is 0 Å². The SMILES string of the molecule is O=C(O)COc1cc(Cl)ccc1C(O)C(O)CNC(=O)OCc1ccccc1. The molecule has 0 spiro atoms. The highest BCUT2D eigenvalue weighted by Gasteiger charge is 2.23. The first-order chi connectivity index (χ1) is 13.4. The molecular weight excluding hydrogens is 390 g/mol. The summed E-state index contributed by atoms with van der Waals surface area (Å²) in [6.07, 6.45) is -3.60. The first-order valence-corrected chi connectivity index (χ1v) is 8.69. The van der Waals surface area contributed by atoms with Crippen LogP contribution in [0.2, 0.25) is 5.02 Å². The standard InChI is InChI=1S/C19H20ClNO7/c20-13-6-7-14(16(8-13)27-11-17(23)24)18(25)15(22)9-21-19(26)28-10-12-4-2-1-3-5-12/h1-8,15,18,22,25H,9-11H2,(H,21,26)(H,23,24). The van der Waals surface area contributed by atoms with Gasteiger partial charge in [0.1, 0.15) is 24.6 Å². The largest absolute Gasteiger partial charge is 0.481 e. The molecule has 0 saturated heterocycles. The van der Waals surface area contributed by atoms with Gasteiger partial charge in [-0.25, -0.2) is 9.59 Å². The van der Waals surface area contributed by atoms with Gasteiger partial charge in [0.15, 0.2) is 6.61 Å². The minimum absolute atomic E-state index is 0.0214. The van der Waals surface area contributed by atoms with Crippen LogP contribution in [0.1, 0.15) is 17.2 Å². The van der Waals surface area contributed by atoms with Crippen LogP contribution in [0.25, 0.3) is 0 Å². The molecule has 4 N–H and O–H groups in total. The Morgan fingerprint density at radius 3 is 2.50 bits per heavy atom. The summed E-state index contributed by atoms with van der Waals surface area (Å²) in [5.74, 6) is -1.18. The van der Waals surface area contributed by atoms with E-state index in [0.29, 0.717) is 0 Å². The minimum Gasteiger partial charge on any atom is -0.481 e. The summed E-state index contributed by atoms with van der Waals surface area (Å²) in [5, 5.41) is 31.8. The average Bonchev–Trinajstić information content (AvgIpc) is 2.69. The first-order valence-electron chi connectivity index (χ1n) is 8.31. The zero-order valence-corrected chi connectivity index (χ0v) is 15.5. The number of carboxylic acids is 1. The predicted octanol–water partition coefficient (Wildman–Crippen LogP) is 2.12. The number of carbonyl (C=O) groups excluding carboxylic acids is 1. The van der Waals surface area contributed by atoms with E-state index in [1.807, 2.05) is 18.2 Å². The Morgan fingerprint density at radius 1 is 1.11 bits per heavy atom. The second kappa shape index (κ2) is 10.5. The van der Waals surface area contributed by atoms with Crippen LogP contribution in [0.15, 0.2) is 48.5 Å². The number of halogens is 1. The number of ether oxygens (including phenoxy) is 2. The number of rotatable bonds is 9. The summed E-state index contributed by atoms with van der Waals surface area (Å²) in [6, 6.07) is 13.3. The molecule has 0 aliphatic heterocycles. The van der Waals surface area contributed by atoms with E-state index >= 15 is 0 Å². The number of nitrogens with one attached hydrogen (secondary N) is 1. The van der Waals surface area contributed by atoms with E-state index < -0.39 is 30.9 Å². The van der Waals surface area contributed by atoms with E-state index in [0.717, 1.165) is 5.56 Å². The van der Waals surface area contributed by atoms with Gasteiger partial charge >= 0.3 is 12.1 Å². The van der Waals surface area contributed by atoms with Crippen molar-refractivity contribution in [1.82, 2.24) is 5.32 Å². The van der Waals surface area contributed by atoms with Crippen molar-refractivity contribution in [2.75, 3.05) is 13.2 Å². The Hall–Kier alpha value is -2.81. The van der Waals surface area contributed by atoms with E-state index in [1.54, 1.807) is 12.1 Å². The molecule has 0 aliphatic carbocycles. The van der Waals surface area contributed by atoms with Gasteiger partial charge in [0.25, 0.3) is 0 Å². The Kier molecular flexibility index (Phi) is 8.06. The fourth-order valence-corrected chi connectivity index (χ4v) is 2.46. The molecule has 0 radical (unpaired) electrons. The molecule has 2 aromatic carbocycles. The van der Waals surface area contributed by atoms with Gasteiger partial charge in [-0.05, 0) is 17.7 Å². The molecule has 2 atom stereocenters. The zero-order valence-electron chi connectivity index (χ0n) is 14.7. The van der Waals surface area contributed by atoms with Crippen molar-refractivity contribution >= 4 is 23.7 Å². The van der Waals surface area contributed by atoms with Gasteiger partial charge < -0.3 is 30.1 Å². The van der Waals surface area contributed by atoms with Crippen molar-refractivity contribution in [3.63, 3.8) is 0 Å². The normalized spacial score (nSPS) is 12.7. The quantitative estimate of drug-likeness (QED) is 0.499. The third-order valence-corrected chi connectivity index (χ3v) is 3.91. The number of hydrogen-bond donors (Lipinski definition) is 4. The molecular formula is C19H20ClNO7. The lowest BCUT2D eigenvalue weighted by Crippen LogP contribution is -2.36. The molecule has 0 bridgehead atoms. The molecule has 150 valence electrons. The van der Waals surface area contributed by atoms with Gasteiger partial charge in [0.2, 0.25) is 0 Å². The van der Waals surface area contributed by atoms with Crippen molar-refractivity contribution in [3.05, 3.63) is 64.7 Å². The van der Waals surface area contributed by atoms with Gasteiger partial charge in [-0.3, -0.25) is 0 Å². The van der Waals surface area contributed by atoms with E-state index in [9.17, 15) is 19.8 Å². The van der Waals surface area contributed by atoms with Crippen LogP contribution in [0.4, 0.5) is 4.79 Å². The summed E-state index contributed by atoms with van der Waals surface area (Å²) in [6.45, 7) is -0.869. The van der Waals surface area contributed by atoms with Crippen LogP contribution < -0.4 is 10.1 Å². The number of carboxylic acid groups (broad SMARTS) is 1. The van der Waals surface area contributed by atoms with E-state index in [2.05, 4.69) is 5.32 Å². The van der Waals surface area contributed by atoms with Crippen LogP contribution in [0.5, 0.6) is 5.75 Å². The van der Waals surface area contributed by atoms with E-state index in [4.69, 9.17) is 26.2 Å². The number of benzene rings is 2. The van der Waals surface area contributed by atoms with E-state index in [-0.39, 0.29) is 29.5 Å². The third-order valence-electron chi connectivity index (χ3n) is 3.68. The fraction of sp³-hybridized carbons (Fsp3) is 0.263. The van der Waals surface area contributed by atoms with Gasteiger partial charge in [-0.15, -0.1) is 0 Å². The lowest BCUT2D eigenvalue weighted by Gasteiger charge is -2.21. The molecule has 8 nitrogen and oxygen atoms in total. The molecule has 2 aromatic rings. The predicted molar refractivity (Wildman–Crippen MR) is 100 cm³/mol. The molecule has 9 heteroatoms. The average molecular weight is 410 g/mol. The highest BCUT2D eigenvalue weighted by atomic mass is 35.5. The second-order valence-electron chi connectivity index (χ2n) is 5.82. The smallest absolute Gasteiger partial charge is 0.407 e. The molecule has 0 aromatic heterocycles. The maximum absolute atomic E-state index is 11.7. The Morgan fingerprint density at radius 2 is 1.82 bits per heavy atom. The van der Waals surface area contributed by atoms with Crippen molar-refractivity contribution in [2.45, 2.75) is 18.8 Å². The summed E-state index contributed by atoms with van der Waals surface area (Å²) < 4.78 is 10.1. The lowest BCUT2D eigenvalue weighted by atomic mass is 10.0.